The third kappa shape index (κ3) is 5.09. The highest BCUT2D eigenvalue weighted by Crippen LogP contribution is 2.37. The van der Waals surface area contributed by atoms with Crippen molar-refractivity contribution in [3.05, 3.63) is 53.6 Å². The summed E-state index contributed by atoms with van der Waals surface area (Å²) in [6, 6.07) is 12.1. The van der Waals surface area contributed by atoms with Crippen LogP contribution in [0.3, 0.4) is 0 Å². The Hall–Kier alpha value is -2.80. The quantitative estimate of drug-likeness (QED) is 0.461. The minimum Gasteiger partial charge on any atom is -0.481 e. The molecule has 0 aliphatic rings. The predicted octanol–water partition coefficient (Wildman–Crippen LogP) is 3.64. The number of aliphatic carboxylic acids is 1. The number of ether oxygens (including phenoxy) is 1. The van der Waals surface area contributed by atoms with E-state index in [-0.39, 0.29) is 6.42 Å². The Morgan fingerprint density at radius 2 is 1.96 bits per heavy atom. The van der Waals surface area contributed by atoms with Crippen LogP contribution in [0.25, 0.3) is 0 Å². The molecule has 0 aliphatic heterocycles. The average Bonchev–Trinajstić information content (AvgIpc) is 2.60. The lowest BCUT2D eigenvalue weighted by atomic mass is 10.1. The Bertz CT molecular complexity index is 804. The summed E-state index contributed by atoms with van der Waals surface area (Å²) in [6.45, 7) is 1.72. The summed E-state index contributed by atoms with van der Waals surface area (Å²) in [6.07, 6.45) is 1.39. The third-order valence-corrected chi connectivity index (χ3v) is 4.25. The number of carbonyl (C=O) groups excluding carboxylic acids is 1. The van der Waals surface area contributed by atoms with Crippen molar-refractivity contribution in [3.8, 4) is 5.75 Å². The zero-order chi connectivity index (χ0) is 18.2. The number of benzene rings is 2. The molecular weight excluding hydrogens is 342 g/mol. The van der Waals surface area contributed by atoms with Crippen molar-refractivity contribution in [1.82, 2.24) is 0 Å². The smallest absolute Gasteiger partial charge is 0.339 e. The number of nitrogens with zero attached hydrogens (tertiary/aromatic N) is 1. The van der Waals surface area contributed by atoms with Crippen LogP contribution in [0.2, 0.25) is 0 Å². The van der Waals surface area contributed by atoms with E-state index in [0.29, 0.717) is 26.7 Å². The van der Waals surface area contributed by atoms with Crippen molar-refractivity contribution < 1.29 is 24.3 Å². The van der Waals surface area contributed by atoms with Gasteiger partial charge in [0.25, 0.3) is 0 Å². The molecule has 0 heterocycles. The van der Waals surface area contributed by atoms with Crippen molar-refractivity contribution in [2.75, 3.05) is 7.11 Å². The summed E-state index contributed by atoms with van der Waals surface area (Å²) in [5, 5.41) is 12.7. The molecule has 130 valence electrons. The van der Waals surface area contributed by atoms with Crippen LogP contribution in [0.1, 0.15) is 22.8 Å². The Balaban J connectivity index is 2.42. The summed E-state index contributed by atoms with van der Waals surface area (Å²) in [5.41, 5.74) is 1.04. The Kier molecular flexibility index (Phi) is 6.59. The van der Waals surface area contributed by atoms with Crippen LogP contribution in [-0.2, 0) is 16.0 Å². The molecule has 0 spiro atoms. The highest BCUT2D eigenvalue weighted by molar-refractivity contribution is 7.99. The van der Waals surface area contributed by atoms with Gasteiger partial charge >= 0.3 is 11.9 Å². The fourth-order valence-corrected chi connectivity index (χ4v) is 3.12. The molecule has 6 nitrogen and oxygen atoms in total. The maximum absolute atomic E-state index is 11.9. The van der Waals surface area contributed by atoms with Crippen molar-refractivity contribution >= 4 is 29.9 Å². The second-order valence-electron chi connectivity index (χ2n) is 4.90. The van der Waals surface area contributed by atoms with E-state index in [1.807, 2.05) is 0 Å². The number of methoxy groups -OCH3 is 1. The van der Waals surface area contributed by atoms with Gasteiger partial charge < -0.3 is 14.7 Å². The Morgan fingerprint density at radius 3 is 2.64 bits per heavy atom. The highest BCUT2D eigenvalue weighted by Gasteiger charge is 2.15. The number of carboxylic acid groups (broad SMARTS) is 1. The number of carboxylic acids is 1. The van der Waals surface area contributed by atoms with Crippen LogP contribution in [0.15, 0.2) is 57.4 Å². The Labute approximate surface area is 149 Å². The summed E-state index contributed by atoms with van der Waals surface area (Å²) >= 11 is 1.28. The summed E-state index contributed by atoms with van der Waals surface area (Å²) in [4.78, 5) is 29.5. The van der Waals surface area contributed by atoms with E-state index in [9.17, 15) is 9.59 Å². The van der Waals surface area contributed by atoms with Crippen LogP contribution < -0.4 is 4.84 Å². The second kappa shape index (κ2) is 8.89. The maximum atomic E-state index is 11.9. The van der Waals surface area contributed by atoms with E-state index in [1.165, 1.54) is 25.1 Å². The lowest BCUT2D eigenvalue weighted by molar-refractivity contribution is -0.136. The van der Waals surface area contributed by atoms with Crippen LogP contribution in [0.5, 0.6) is 5.75 Å². The first-order valence-electron chi connectivity index (χ1n) is 7.40. The van der Waals surface area contributed by atoms with E-state index < -0.39 is 11.9 Å². The molecule has 1 N–H and O–H groups in total. The number of oxime groups is 1. The first-order valence-corrected chi connectivity index (χ1v) is 8.21. The van der Waals surface area contributed by atoms with Gasteiger partial charge in [0.2, 0.25) is 0 Å². The van der Waals surface area contributed by atoms with E-state index in [1.54, 1.807) is 49.4 Å². The van der Waals surface area contributed by atoms with Gasteiger partial charge in [-0.25, -0.2) is 4.79 Å². The normalized spacial score (nSPS) is 10.6. The molecule has 7 heteroatoms. The molecule has 2 aromatic rings. The van der Waals surface area contributed by atoms with Crippen molar-refractivity contribution in [3.63, 3.8) is 0 Å². The van der Waals surface area contributed by atoms with Crippen LogP contribution in [0.4, 0.5) is 0 Å². The number of rotatable bonds is 7. The van der Waals surface area contributed by atoms with Gasteiger partial charge in [-0.05, 0) is 36.8 Å². The van der Waals surface area contributed by atoms with Crippen molar-refractivity contribution in [2.45, 2.75) is 23.1 Å². The van der Waals surface area contributed by atoms with Gasteiger partial charge in [0.15, 0.2) is 5.75 Å². The van der Waals surface area contributed by atoms with E-state index in [0.717, 1.165) is 0 Å². The zero-order valence-corrected chi connectivity index (χ0v) is 14.6. The van der Waals surface area contributed by atoms with Gasteiger partial charge in [0.1, 0.15) is 0 Å². The molecule has 0 unspecified atom stereocenters. The Morgan fingerprint density at radius 1 is 1.20 bits per heavy atom. The van der Waals surface area contributed by atoms with Crippen molar-refractivity contribution in [1.29, 1.82) is 0 Å². The fraction of sp³-hybridized carbons (Fsp3) is 0.167. The number of carbonyl (C=O) groups is 2. The molecule has 0 atom stereocenters. The first kappa shape index (κ1) is 18.5. The van der Waals surface area contributed by atoms with E-state index in [2.05, 4.69) is 5.16 Å². The number of hydrogen-bond acceptors (Lipinski definition) is 6. The number of hydrogen-bond donors (Lipinski definition) is 1. The average molecular weight is 359 g/mol. The fourth-order valence-electron chi connectivity index (χ4n) is 2.05. The van der Waals surface area contributed by atoms with Gasteiger partial charge in [-0.15, -0.1) is 0 Å². The maximum Gasteiger partial charge on any atom is 0.339 e. The molecule has 0 amide bonds. The van der Waals surface area contributed by atoms with Gasteiger partial charge in [-0.2, -0.15) is 0 Å². The SMILES string of the molecule is C/C=N/Oc1ccc(CC(=O)O)cc1Sc1ccccc1C(=O)OC. The van der Waals surface area contributed by atoms with Gasteiger partial charge in [-0.1, -0.05) is 35.1 Å². The molecule has 0 aliphatic carbocycles. The van der Waals surface area contributed by atoms with Crippen LogP contribution >= 0.6 is 11.8 Å². The topological polar surface area (TPSA) is 85.2 Å². The lowest BCUT2D eigenvalue weighted by Crippen LogP contribution is -2.03. The van der Waals surface area contributed by atoms with E-state index >= 15 is 0 Å². The standard InChI is InChI=1S/C18H17NO5S/c1-3-19-24-14-9-8-12(11-17(20)21)10-16(14)25-15-7-5-4-6-13(15)18(22)23-2/h3-10H,11H2,1-2H3,(H,20,21)/b19-3+. The summed E-state index contributed by atoms with van der Waals surface area (Å²) in [7, 11) is 1.32. The first-order chi connectivity index (χ1) is 12.0. The third-order valence-electron chi connectivity index (χ3n) is 3.13. The molecule has 0 aromatic heterocycles. The molecular formula is C18H17NO5S. The highest BCUT2D eigenvalue weighted by atomic mass is 32.2. The molecule has 0 saturated carbocycles. The largest absolute Gasteiger partial charge is 0.481 e. The molecule has 0 radical (unpaired) electrons. The summed E-state index contributed by atoms with van der Waals surface area (Å²) < 4.78 is 4.80. The van der Waals surface area contributed by atoms with Crippen molar-refractivity contribution in [2.24, 2.45) is 5.16 Å². The van der Waals surface area contributed by atoms with Gasteiger partial charge in [0.05, 0.1) is 24.0 Å². The summed E-state index contributed by atoms with van der Waals surface area (Å²) in [5.74, 6) is -0.901. The minimum atomic E-state index is -0.925. The molecule has 0 saturated heterocycles. The van der Waals surface area contributed by atoms with Gasteiger partial charge in [-0.3, -0.25) is 4.79 Å². The van der Waals surface area contributed by atoms with Gasteiger partial charge in [0, 0.05) is 11.1 Å². The molecule has 2 aromatic carbocycles. The monoisotopic (exact) mass is 359 g/mol. The molecule has 0 bridgehead atoms. The second-order valence-corrected chi connectivity index (χ2v) is 5.98. The molecule has 0 fully saturated rings. The predicted molar refractivity (Wildman–Crippen MR) is 94.5 cm³/mol. The van der Waals surface area contributed by atoms with Crippen LogP contribution in [-0.4, -0.2) is 30.4 Å². The molecule has 2 rings (SSSR count). The lowest BCUT2D eigenvalue weighted by Gasteiger charge is -2.11. The van der Waals surface area contributed by atoms with E-state index in [4.69, 9.17) is 14.7 Å². The number of esters is 1. The zero-order valence-electron chi connectivity index (χ0n) is 13.8. The van der Waals surface area contributed by atoms with Crippen LogP contribution in [0, 0.1) is 0 Å². The molecule has 25 heavy (non-hydrogen) atoms. The minimum absolute atomic E-state index is 0.108.